The molecule has 2 atom stereocenters. The van der Waals surface area contributed by atoms with Crippen LogP contribution in [-0.4, -0.2) is 28.2 Å². The lowest BCUT2D eigenvalue weighted by Gasteiger charge is -2.12. The van der Waals surface area contributed by atoms with Crippen LogP contribution >= 0.6 is 0 Å². The number of methoxy groups -OCH3 is 1. The first-order chi connectivity index (χ1) is 9.19. The molecule has 1 aliphatic rings. The topological polar surface area (TPSA) is 75.2 Å². The summed E-state index contributed by atoms with van der Waals surface area (Å²) in [5.41, 5.74) is 1.75. The van der Waals surface area contributed by atoms with E-state index < -0.39 is 5.97 Å². The van der Waals surface area contributed by atoms with Crippen molar-refractivity contribution in [2.75, 3.05) is 7.11 Å². The van der Waals surface area contributed by atoms with Crippen molar-refractivity contribution in [2.45, 2.75) is 25.2 Å². The van der Waals surface area contributed by atoms with Gasteiger partial charge in [0.15, 0.2) is 0 Å². The minimum absolute atomic E-state index is 0.00380. The van der Waals surface area contributed by atoms with E-state index in [1.165, 1.54) is 0 Å². The van der Waals surface area contributed by atoms with Crippen LogP contribution in [0.2, 0.25) is 0 Å². The Hall–Kier alpha value is -2.04. The number of hydrogen-bond acceptors (Lipinski definition) is 3. The highest BCUT2D eigenvalue weighted by molar-refractivity contribution is 5.77. The molecule has 1 heterocycles. The quantitative estimate of drug-likeness (QED) is 0.889. The average molecular weight is 260 g/mol. The third-order valence-corrected chi connectivity index (χ3v) is 3.89. The van der Waals surface area contributed by atoms with Crippen molar-refractivity contribution in [2.24, 2.45) is 5.92 Å². The standard InChI is InChI=1S/C14H16N2O3/c1-19-8-5-6-11-12(7-8)16-13(15-11)9-3-2-4-10(9)14(17)18/h5-7,9-10H,2-4H2,1H3,(H,15,16)(H,17,18). The van der Waals surface area contributed by atoms with Crippen LogP contribution in [0, 0.1) is 5.92 Å². The number of rotatable bonds is 3. The molecule has 0 amide bonds. The maximum absolute atomic E-state index is 11.2. The number of carbonyl (C=O) groups is 1. The first kappa shape index (κ1) is 12.0. The maximum Gasteiger partial charge on any atom is 0.307 e. The second-order valence-corrected chi connectivity index (χ2v) is 4.99. The van der Waals surface area contributed by atoms with Gasteiger partial charge in [-0.25, -0.2) is 4.98 Å². The largest absolute Gasteiger partial charge is 0.497 e. The Bertz CT molecular complexity index is 620. The molecular formula is C14H16N2O3. The van der Waals surface area contributed by atoms with Crippen LogP contribution in [0.15, 0.2) is 18.2 Å². The van der Waals surface area contributed by atoms with Crippen molar-refractivity contribution in [3.05, 3.63) is 24.0 Å². The van der Waals surface area contributed by atoms with Crippen LogP contribution < -0.4 is 4.74 Å². The molecule has 1 saturated carbocycles. The highest BCUT2D eigenvalue weighted by Gasteiger charge is 2.35. The number of nitrogens with zero attached hydrogens (tertiary/aromatic N) is 1. The van der Waals surface area contributed by atoms with E-state index in [1.807, 2.05) is 18.2 Å². The van der Waals surface area contributed by atoms with Gasteiger partial charge in [0.2, 0.25) is 0 Å². The highest BCUT2D eigenvalue weighted by Crippen LogP contribution is 2.39. The van der Waals surface area contributed by atoms with E-state index in [9.17, 15) is 9.90 Å². The number of benzene rings is 1. The Labute approximate surface area is 110 Å². The molecule has 2 unspecified atom stereocenters. The Kier molecular flexibility index (Phi) is 2.89. The molecule has 2 aromatic rings. The second-order valence-electron chi connectivity index (χ2n) is 4.99. The summed E-state index contributed by atoms with van der Waals surface area (Å²) in [4.78, 5) is 19.0. The van der Waals surface area contributed by atoms with Crippen LogP contribution in [0.25, 0.3) is 11.0 Å². The number of carboxylic acids is 1. The maximum atomic E-state index is 11.2. The molecule has 3 rings (SSSR count). The predicted octanol–water partition coefficient (Wildman–Crippen LogP) is 2.54. The van der Waals surface area contributed by atoms with E-state index in [-0.39, 0.29) is 11.8 Å². The monoisotopic (exact) mass is 260 g/mol. The molecule has 0 bridgehead atoms. The number of aromatic amines is 1. The first-order valence-corrected chi connectivity index (χ1v) is 6.45. The fourth-order valence-corrected chi connectivity index (χ4v) is 2.89. The molecule has 1 aromatic carbocycles. The number of H-pyrrole nitrogens is 1. The normalized spacial score (nSPS) is 22.8. The Balaban J connectivity index is 1.98. The summed E-state index contributed by atoms with van der Waals surface area (Å²) < 4.78 is 5.17. The number of aromatic nitrogens is 2. The fourth-order valence-electron chi connectivity index (χ4n) is 2.89. The van der Waals surface area contributed by atoms with E-state index in [2.05, 4.69) is 9.97 Å². The van der Waals surface area contributed by atoms with Gasteiger partial charge in [0.05, 0.1) is 24.1 Å². The van der Waals surface area contributed by atoms with Gasteiger partial charge in [-0.3, -0.25) is 4.79 Å². The van der Waals surface area contributed by atoms with E-state index in [4.69, 9.17) is 4.74 Å². The molecule has 100 valence electrons. The third-order valence-electron chi connectivity index (χ3n) is 3.89. The van der Waals surface area contributed by atoms with Gasteiger partial charge in [-0.15, -0.1) is 0 Å². The van der Waals surface area contributed by atoms with Crippen molar-refractivity contribution in [1.82, 2.24) is 9.97 Å². The molecule has 5 nitrogen and oxygen atoms in total. The highest BCUT2D eigenvalue weighted by atomic mass is 16.5. The number of hydrogen-bond donors (Lipinski definition) is 2. The molecule has 1 aliphatic carbocycles. The molecular weight excluding hydrogens is 244 g/mol. The summed E-state index contributed by atoms with van der Waals surface area (Å²) in [6, 6.07) is 5.63. The summed E-state index contributed by atoms with van der Waals surface area (Å²) >= 11 is 0. The molecule has 5 heteroatoms. The average Bonchev–Trinajstić information content (AvgIpc) is 3.03. The molecule has 2 N–H and O–H groups in total. The second kappa shape index (κ2) is 4.57. The number of aliphatic carboxylic acids is 1. The number of fused-ring (bicyclic) bond motifs is 1. The van der Waals surface area contributed by atoms with E-state index in [0.29, 0.717) is 0 Å². The van der Waals surface area contributed by atoms with Gasteiger partial charge in [-0.2, -0.15) is 0 Å². The van der Waals surface area contributed by atoms with Gasteiger partial charge in [0.25, 0.3) is 0 Å². The summed E-state index contributed by atoms with van der Waals surface area (Å²) in [5.74, 6) is 0.510. The Morgan fingerprint density at radius 3 is 3.05 bits per heavy atom. The lowest BCUT2D eigenvalue weighted by molar-refractivity contribution is -0.142. The molecule has 19 heavy (non-hydrogen) atoms. The molecule has 1 fully saturated rings. The van der Waals surface area contributed by atoms with Crippen LogP contribution in [0.4, 0.5) is 0 Å². The van der Waals surface area contributed by atoms with Gasteiger partial charge in [-0.05, 0) is 25.0 Å². The lowest BCUT2D eigenvalue weighted by Crippen LogP contribution is -2.17. The van der Waals surface area contributed by atoms with Crippen molar-refractivity contribution >= 4 is 17.0 Å². The van der Waals surface area contributed by atoms with E-state index >= 15 is 0 Å². The Morgan fingerprint density at radius 1 is 1.47 bits per heavy atom. The van der Waals surface area contributed by atoms with Crippen LogP contribution in [0.3, 0.4) is 0 Å². The zero-order valence-corrected chi connectivity index (χ0v) is 10.7. The van der Waals surface area contributed by atoms with Crippen LogP contribution in [0.1, 0.15) is 31.0 Å². The fraction of sp³-hybridized carbons (Fsp3) is 0.429. The summed E-state index contributed by atoms with van der Waals surface area (Å²) in [6.07, 6.45) is 2.57. The van der Waals surface area contributed by atoms with Gasteiger partial charge < -0.3 is 14.8 Å². The minimum Gasteiger partial charge on any atom is -0.497 e. The number of ether oxygens (including phenoxy) is 1. The zero-order valence-electron chi connectivity index (χ0n) is 10.7. The molecule has 0 aliphatic heterocycles. The summed E-state index contributed by atoms with van der Waals surface area (Å²) in [7, 11) is 1.62. The molecule has 0 radical (unpaired) electrons. The summed E-state index contributed by atoms with van der Waals surface area (Å²) in [5, 5.41) is 9.24. The molecule has 0 saturated heterocycles. The van der Waals surface area contributed by atoms with Gasteiger partial charge in [0.1, 0.15) is 11.6 Å². The Morgan fingerprint density at radius 2 is 2.32 bits per heavy atom. The van der Waals surface area contributed by atoms with Crippen LogP contribution in [0.5, 0.6) is 5.75 Å². The third kappa shape index (κ3) is 2.05. The van der Waals surface area contributed by atoms with Crippen molar-refractivity contribution in [3.8, 4) is 5.75 Å². The molecule has 0 spiro atoms. The van der Waals surface area contributed by atoms with Crippen molar-refractivity contribution < 1.29 is 14.6 Å². The van der Waals surface area contributed by atoms with Gasteiger partial charge in [0, 0.05) is 12.0 Å². The number of carboxylic acid groups (broad SMARTS) is 1. The van der Waals surface area contributed by atoms with E-state index in [0.717, 1.165) is 41.9 Å². The number of imidazole rings is 1. The van der Waals surface area contributed by atoms with Crippen LogP contribution in [-0.2, 0) is 4.79 Å². The smallest absolute Gasteiger partial charge is 0.307 e. The summed E-state index contributed by atoms with van der Waals surface area (Å²) in [6.45, 7) is 0. The lowest BCUT2D eigenvalue weighted by atomic mass is 9.96. The van der Waals surface area contributed by atoms with Crippen molar-refractivity contribution in [3.63, 3.8) is 0 Å². The zero-order chi connectivity index (χ0) is 13.4. The predicted molar refractivity (Wildman–Crippen MR) is 70.4 cm³/mol. The first-order valence-electron chi connectivity index (χ1n) is 6.45. The minimum atomic E-state index is -0.722. The van der Waals surface area contributed by atoms with Crippen molar-refractivity contribution in [1.29, 1.82) is 0 Å². The van der Waals surface area contributed by atoms with Gasteiger partial charge in [-0.1, -0.05) is 6.42 Å². The molecule has 1 aromatic heterocycles. The van der Waals surface area contributed by atoms with E-state index in [1.54, 1.807) is 7.11 Å². The number of nitrogens with one attached hydrogen (secondary N) is 1. The SMILES string of the molecule is COc1ccc2nc(C3CCCC3C(=O)O)[nH]c2c1. The van der Waals surface area contributed by atoms with Gasteiger partial charge >= 0.3 is 5.97 Å².